The largest absolute Gasteiger partial charge is 0.480 e. The van der Waals surface area contributed by atoms with Crippen LogP contribution in [0, 0.1) is 5.92 Å². The van der Waals surface area contributed by atoms with Gasteiger partial charge in [-0.15, -0.1) is 0 Å². The number of carboxylic acids is 1. The fourth-order valence-electron chi connectivity index (χ4n) is 2.71. The Kier molecular flexibility index (Phi) is 6.19. The van der Waals surface area contributed by atoms with E-state index < -0.39 is 38.1 Å². The second-order valence-corrected chi connectivity index (χ2v) is 8.37. The summed E-state index contributed by atoms with van der Waals surface area (Å²) in [6.07, 6.45) is 3.80. The van der Waals surface area contributed by atoms with Crippen LogP contribution >= 0.6 is 0 Å². The van der Waals surface area contributed by atoms with Crippen molar-refractivity contribution in [1.29, 1.82) is 0 Å². The summed E-state index contributed by atoms with van der Waals surface area (Å²) in [4.78, 5) is 25.2. The Morgan fingerprint density at radius 1 is 1.00 bits per heavy atom. The highest BCUT2D eigenvalue weighted by atomic mass is 32.2. The van der Waals surface area contributed by atoms with Gasteiger partial charge in [0.15, 0.2) is 15.1 Å². The third-order valence-corrected chi connectivity index (χ3v) is 6.60. The lowest BCUT2D eigenvalue weighted by molar-refractivity contribution is -0.137. The van der Waals surface area contributed by atoms with Crippen LogP contribution in [0.1, 0.15) is 46.5 Å². The molecule has 1 aliphatic heterocycles. The number of carbonyl (C=O) groups is 2. The van der Waals surface area contributed by atoms with E-state index in [2.05, 4.69) is 0 Å². The summed E-state index contributed by atoms with van der Waals surface area (Å²) in [6, 6.07) is 0. The van der Waals surface area contributed by atoms with Gasteiger partial charge < -0.3 is 10.0 Å². The van der Waals surface area contributed by atoms with Crippen molar-refractivity contribution in [2.45, 2.75) is 57.0 Å². The van der Waals surface area contributed by atoms with Crippen LogP contribution in [0.3, 0.4) is 0 Å². The number of amides is 1. The summed E-state index contributed by atoms with van der Waals surface area (Å²) in [5.74, 6) is -2.43. The number of hydrogen-bond donors (Lipinski definition) is 1. The molecule has 1 heterocycles. The smallest absolute Gasteiger partial charge is 0.322 e. The summed E-state index contributed by atoms with van der Waals surface area (Å²) in [6.45, 7) is 5.50. The van der Waals surface area contributed by atoms with Crippen molar-refractivity contribution >= 4 is 21.7 Å². The van der Waals surface area contributed by atoms with Gasteiger partial charge in [-0.05, 0) is 25.7 Å². The molecule has 0 saturated carbocycles. The number of nitrogens with zero attached hydrogens (tertiary/aromatic N) is 1. The number of aliphatic carboxylic acids is 1. The van der Waals surface area contributed by atoms with Crippen LogP contribution in [0.15, 0.2) is 0 Å². The van der Waals surface area contributed by atoms with Crippen LogP contribution in [-0.4, -0.2) is 53.9 Å². The molecule has 1 rings (SSSR count). The monoisotopic (exact) mass is 319 g/mol. The summed E-state index contributed by atoms with van der Waals surface area (Å²) in [5, 5.41) is 6.32. The van der Waals surface area contributed by atoms with E-state index in [9.17, 15) is 18.0 Å². The van der Waals surface area contributed by atoms with Gasteiger partial charge >= 0.3 is 5.97 Å². The molecule has 0 aromatic rings. The first-order valence-electron chi connectivity index (χ1n) is 7.44. The minimum absolute atomic E-state index is 0.469. The van der Waals surface area contributed by atoms with Gasteiger partial charge in [0.05, 0.1) is 0 Å². The van der Waals surface area contributed by atoms with Crippen molar-refractivity contribution in [2.75, 3.05) is 13.1 Å². The third-order valence-electron chi connectivity index (χ3n) is 3.96. The molecule has 0 radical (unpaired) electrons. The fraction of sp³-hybridized carbons (Fsp3) is 0.857. The Labute approximate surface area is 126 Å². The molecule has 7 heteroatoms. The fourth-order valence-corrected chi connectivity index (χ4v) is 4.62. The van der Waals surface area contributed by atoms with Gasteiger partial charge in [-0.2, -0.15) is 0 Å². The molecule has 122 valence electrons. The highest BCUT2D eigenvalue weighted by Gasteiger charge is 2.43. The average Bonchev–Trinajstić information content (AvgIpc) is 2.64. The Morgan fingerprint density at radius 2 is 1.48 bits per heavy atom. The van der Waals surface area contributed by atoms with E-state index in [4.69, 9.17) is 5.11 Å². The van der Waals surface area contributed by atoms with Gasteiger partial charge in [-0.3, -0.25) is 9.59 Å². The number of hydrogen-bond acceptors (Lipinski definition) is 4. The van der Waals surface area contributed by atoms with E-state index >= 15 is 0 Å². The summed E-state index contributed by atoms with van der Waals surface area (Å²) < 4.78 is 24.9. The Hall–Kier alpha value is -1.11. The zero-order chi connectivity index (χ0) is 16.2. The molecule has 1 fully saturated rings. The Morgan fingerprint density at radius 3 is 1.86 bits per heavy atom. The van der Waals surface area contributed by atoms with Crippen molar-refractivity contribution in [3.05, 3.63) is 0 Å². The molecule has 0 aliphatic carbocycles. The molecule has 0 bridgehead atoms. The van der Waals surface area contributed by atoms with Crippen molar-refractivity contribution in [3.63, 3.8) is 0 Å². The molecule has 21 heavy (non-hydrogen) atoms. The lowest BCUT2D eigenvalue weighted by atomic mass is 10.1. The maximum Gasteiger partial charge on any atom is 0.322 e. The number of carbonyl (C=O) groups excluding carboxylic acids is 1. The summed E-state index contributed by atoms with van der Waals surface area (Å²) in [7, 11) is -4.05. The van der Waals surface area contributed by atoms with Gasteiger partial charge in [0.1, 0.15) is 5.25 Å². The number of likely N-dealkylation sites (tertiary alicyclic amines) is 1. The summed E-state index contributed by atoms with van der Waals surface area (Å²) in [5.41, 5.74) is 0. The Bertz CT molecular complexity index is 478. The van der Waals surface area contributed by atoms with Crippen molar-refractivity contribution in [3.8, 4) is 0 Å². The van der Waals surface area contributed by atoms with Crippen LogP contribution in [-0.2, 0) is 19.4 Å². The Balaban J connectivity index is 2.95. The number of carboxylic acid groups (broad SMARTS) is 1. The molecule has 6 nitrogen and oxygen atoms in total. The topological polar surface area (TPSA) is 91.7 Å². The number of sulfone groups is 1. The van der Waals surface area contributed by atoms with Crippen LogP contribution in [0.25, 0.3) is 0 Å². The first kappa shape index (κ1) is 17.9. The lowest BCUT2D eigenvalue weighted by Gasteiger charge is -2.26. The number of rotatable bonds is 5. The maximum atomic E-state index is 12.5. The van der Waals surface area contributed by atoms with Crippen LogP contribution in [0.2, 0.25) is 0 Å². The van der Waals surface area contributed by atoms with Crippen LogP contribution in [0.4, 0.5) is 0 Å². The van der Waals surface area contributed by atoms with Crippen molar-refractivity contribution in [1.82, 2.24) is 4.90 Å². The van der Waals surface area contributed by atoms with Gasteiger partial charge in [0.25, 0.3) is 0 Å². The maximum absolute atomic E-state index is 12.5. The predicted octanol–water partition coefficient (Wildman–Crippen LogP) is 1.30. The van der Waals surface area contributed by atoms with E-state index in [-0.39, 0.29) is 0 Å². The second kappa shape index (κ2) is 7.24. The van der Waals surface area contributed by atoms with Crippen molar-refractivity contribution < 1.29 is 23.1 Å². The molecular weight excluding hydrogens is 294 g/mol. The van der Waals surface area contributed by atoms with E-state index in [1.807, 2.05) is 0 Å². The van der Waals surface area contributed by atoms with Crippen LogP contribution in [0.5, 0.6) is 0 Å². The minimum atomic E-state index is -4.05. The van der Waals surface area contributed by atoms with Gasteiger partial charge in [-0.25, -0.2) is 8.42 Å². The molecule has 1 amide bonds. The predicted molar refractivity (Wildman–Crippen MR) is 79.7 cm³/mol. The standard InChI is InChI=1S/C14H25NO5S/c1-10(2)12(14(17)18)21(19,20)11(3)13(16)15-8-6-4-5-7-9-15/h10-12H,4-9H2,1-3H3,(H,17,18). The molecule has 1 saturated heterocycles. The average molecular weight is 319 g/mol. The highest BCUT2D eigenvalue weighted by molar-refractivity contribution is 7.94. The minimum Gasteiger partial charge on any atom is -0.480 e. The van der Waals surface area contributed by atoms with Crippen molar-refractivity contribution in [2.24, 2.45) is 5.92 Å². The molecule has 1 N–H and O–H groups in total. The van der Waals surface area contributed by atoms with Gasteiger partial charge in [0.2, 0.25) is 5.91 Å². The summed E-state index contributed by atoms with van der Waals surface area (Å²) >= 11 is 0. The lowest BCUT2D eigenvalue weighted by Crippen LogP contribution is -2.48. The van der Waals surface area contributed by atoms with E-state index in [1.54, 1.807) is 18.7 Å². The van der Waals surface area contributed by atoms with E-state index in [1.165, 1.54) is 6.92 Å². The van der Waals surface area contributed by atoms with Gasteiger partial charge in [0, 0.05) is 13.1 Å². The third kappa shape index (κ3) is 4.18. The molecule has 0 aromatic heterocycles. The zero-order valence-corrected chi connectivity index (χ0v) is 13.7. The quantitative estimate of drug-likeness (QED) is 0.824. The first-order chi connectivity index (χ1) is 9.69. The normalized spacial score (nSPS) is 19.9. The molecule has 0 aromatic carbocycles. The molecule has 0 spiro atoms. The van der Waals surface area contributed by atoms with E-state index in [0.717, 1.165) is 25.7 Å². The molecule has 2 atom stereocenters. The van der Waals surface area contributed by atoms with Gasteiger partial charge in [-0.1, -0.05) is 26.7 Å². The van der Waals surface area contributed by atoms with Crippen LogP contribution < -0.4 is 0 Å². The molecule has 2 unspecified atom stereocenters. The molecule has 1 aliphatic rings. The second-order valence-electron chi connectivity index (χ2n) is 5.97. The van der Waals surface area contributed by atoms with E-state index in [0.29, 0.717) is 13.1 Å². The SMILES string of the molecule is CC(C)C(C(=O)O)S(=O)(=O)C(C)C(=O)N1CCCCCC1. The molecular formula is C14H25NO5S. The first-order valence-corrected chi connectivity index (χ1v) is 9.04. The zero-order valence-electron chi connectivity index (χ0n) is 12.9. The highest BCUT2D eigenvalue weighted by Crippen LogP contribution is 2.21.